The summed E-state index contributed by atoms with van der Waals surface area (Å²) in [6.07, 6.45) is 0.595. The number of H-pyrrole nitrogens is 2. The van der Waals surface area contributed by atoms with E-state index in [-0.39, 0.29) is 5.84 Å². The Hall–Kier alpha value is -3.15. The standard InChI is InChI=1S/C17H16N6/c1-9-2-4-11-13(6-9)22-15(20-11)8-16-21-12-5-3-10(17(18)19)7-14(12)23-16/h2-7H,8H2,1H3,(H3,18,19)(H,20,22)(H,21,23). The summed E-state index contributed by atoms with van der Waals surface area (Å²) < 4.78 is 0. The lowest BCUT2D eigenvalue weighted by Crippen LogP contribution is -2.10. The monoisotopic (exact) mass is 304 g/mol. The van der Waals surface area contributed by atoms with Gasteiger partial charge in [-0.15, -0.1) is 0 Å². The molecule has 0 fully saturated rings. The lowest BCUT2D eigenvalue weighted by Gasteiger charge is -1.96. The molecule has 2 aromatic carbocycles. The number of aryl methyl sites for hydroxylation is 1. The van der Waals surface area contributed by atoms with E-state index in [2.05, 4.69) is 39.0 Å². The van der Waals surface area contributed by atoms with Crippen LogP contribution in [0, 0.1) is 12.3 Å². The van der Waals surface area contributed by atoms with Gasteiger partial charge in [-0.3, -0.25) is 5.41 Å². The molecule has 2 heterocycles. The predicted molar refractivity (Wildman–Crippen MR) is 90.7 cm³/mol. The maximum absolute atomic E-state index is 7.50. The first-order chi connectivity index (χ1) is 11.1. The first kappa shape index (κ1) is 13.5. The highest BCUT2D eigenvalue weighted by Crippen LogP contribution is 2.17. The molecule has 0 aliphatic rings. The Morgan fingerprint density at radius 3 is 2.26 bits per heavy atom. The molecular weight excluding hydrogens is 288 g/mol. The number of nitrogens with one attached hydrogen (secondary N) is 3. The lowest BCUT2D eigenvalue weighted by atomic mass is 10.2. The maximum atomic E-state index is 7.50. The first-order valence-electron chi connectivity index (χ1n) is 7.37. The van der Waals surface area contributed by atoms with Gasteiger partial charge in [0.25, 0.3) is 0 Å². The van der Waals surface area contributed by atoms with Crippen molar-refractivity contribution in [2.75, 3.05) is 0 Å². The molecular formula is C17H16N6. The second-order valence-electron chi connectivity index (χ2n) is 5.71. The van der Waals surface area contributed by atoms with Crippen LogP contribution in [-0.4, -0.2) is 25.8 Å². The third-order valence-electron chi connectivity index (χ3n) is 3.86. The zero-order valence-corrected chi connectivity index (χ0v) is 12.6. The molecule has 6 heteroatoms. The number of aromatic amines is 2. The zero-order valence-electron chi connectivity index (χ0n) is 12.6. The second-order valence-corrected chi connectivity index (χ2v) is 5.71. The number of nitrogen functional groups attached to an aromatic ring is 1. The molecule has 0 unspecified atom stereocenters. The van der Waals surface area contributed by atoms with Crippen LogP contribution in [0.1, 0.15) is 22.8 Å². The SMILES string of the molecule is Cc1ccc2nc(Cc3nc4ccc(C(=N)N)cc4[nH]3)[nH]c2c1. The van der Waals surface area contributed by atoms with Crippen LogP contribution in [0.15, 0.2) is 36.4 Å². The summed E-state index contributed by atoms with van der Waals surface area (Å²) in [7, 11) is 0. The molecule has 0 aliphatic heterocycles. The van der Waals surface area contributed by atoms with Crippen molar-refractivity contribution in [3.63, 3.8) is 0 Å². The summed E-state index contributed by atoms with van der Waals surface area (Å²) in [5, 5.41) is 7.50. The fourth-order valence-corrected chi connectivity index (χ4v) is 2.73. The summed E-state index contributed by atoms with van der Waals surface area (Å²) in [4.78, 5) is 15.8. The van der Waals surface area contributed by atoms with Gasteiger partial charge in [0.2, 0.25) is 0 Å². The molecule has 0 bridgehead atoms. The molecule has 0 spiro atoms. The van der Waals surface area contributed by atoms with Crippen molar-refractivity contribution in [2.45, 2.75) is 13.3 Å². The Bertz CT molecular complexity index is 1040. The van der Waals surface area contributed by atoms with Gasteiger partial charge in [0, 0.05) is 5.56 Å². The maximum Gasteiger partial charge on any atom is 0.122 e. The highest BCUT2D eigenvalue weighted by molar-refractivity contribution is 5.97. The van der Waals surface area contributed by atoms with E-state index in [4.69, 9.17) is 11.1 Å². The van der Waals surface area contributed by atoms with Crippen LogP contribution in [0.25, 0.3) is 22.1 Å². The van der Waals surface area contributed by atoms with Crippen molar-refractivity contribution in [2.24, 2.45) is 5.73 Å². The van der Waals surface area contributed by atoms with Crippen LogP contribution in [-0.2, 0) is 6.42 Å². The van der Waals surface area contributed by atoms with E-state index in [1.165, 1.54) is 5.56 Å². The van der Waals surface area contributed by atoms with E-state index in [0.29, 0.717) is 12.0 Å². The minimum atomic E-state index is 0.0516. The Morgan fingerprint density at radius 1 is 1.00 bits per heavy atom. The number of aromatic nitrogens is 4. The van der Waals surface area contributed by atoms with Crippen molar-refractivity contribution in [1.82, 2.24) is 19.9 Å². The largest absolute Gasteiger partial charge is 0.384 e. The molecule has 6 nitrogen and oxygen atoms in total. The van der Waals surface area contributed by atoms with Crippen molar-refractivity contribution < 1.29 is 0 Å². The smallest absolute Gasteiger partial charge is 0.122 e. The highest BCUT2D eigenvalue weighted by Gasteiger charge is 2.09. The van der Waals surface area contributed by atoms with Gasteiger partial charge in [-0.25, -0.2) is 9.97 Å². The average Bonchev–Trinajstić information content (AvgIpc) is 3.08. The number of amidine groups is 1. The summed E-state index contributed by atoms with van der Waals surface area (Å²) in [6.45, 7) is 2.06. The minimum Gasteiger partial charge on any atom is -0.384 e. The number of imidazole rings is 2. The molecule has 0 saturated heterocycles. The van der Waals surface area contributed by atoms with Crippen LogP contribution in [0.4, 0.5) is 0 Å². The van der Waals surface area contributed by atoms with Gasteiger partial charge < -0.3 is 15.7 Å². The van der Waals surface area contributed by atoms with Crippen LogP contribution in [0.3, 0.4) is 0 Å². The van der Waals surface area contributed by atoms with Gasteiger partial charge in [0.15, 0.2) is 0 Å². The number of hydrogen-bond acceptors (Lipinski definition) is 3. The minimum absolute atomic E-state index is 0.0516. The van der Waals surface area contributed by atoms with Crippen molar-refractivity contribution >= 4 is 27.9 Å². The summed E-state index contributed by atoms with van der Waals surface area (Å²) in [5.74, 6) is 1.75. The van der Waals surface area contributed by atoms with Crippen LogP contribution < -0.4 is 5.73 Å². The normalized spacial score (nSPS) is 11.3. The molecule has 0 radical (unpaired) electrons. The van der Waals surface area contributed by atoms with Crippen LogP contribution in [0.2, 0.25) is 0 Å². The van der Waals surface area contributed by atoms with Crippen LogP contribution >= 0.6 is 0 Å². The number of hydrogen-bond donors (Lipinski definition) is 4. The van der Waals surface area contributed by atoms with Gasteiger partial charge in [0.05, 0.1) is 28.5 Å². The Morgan fingerprint density at radius 2 is 1.61 bits per heavy atom. The Kier molecular flexibility index (Phi) is 2.90. The molecule has 0 aliphatic carbocycles. The fraction of sp³-hybridized carbons (Fsp3) is 0.118. The molecule has 0 atom stereocenters. The van der Waals surface area contributed by atoms with E-state index in [1.807, 2.05) is 18.2 Å². The van der Waals surface area contributed by atoms with Crippen molar-refractivity contribution in [3.8, 4) is 0 Å². The van der Waals surface area contributed by atoms with Crippen molar-refractivity contribution in [1.29, 1.82) is 5.41 Å². The molecule has 5 N–H and O–H groups in total. The van der Waals surface area contributed by atoms with E-state index in [9.17, 15) is 0 Å². The zero-order chi connectivity index (χ0) is 16.0. The number of benzene rings is 2. The topological polar surface area (TPSA) is 107 Å². The number of fused-ring (bicyclic) bond motifs is 2. The molecule has 0 amide bonds. The van der Waals surface area contributed by atoms with E-state index in [1.54, 1.807) is 6.07 Å². The van der Waals surface area contributed by atoms with Gasteiger partial charge in [-0.2, -0.15) is 0 Å². The highest BCUT2D eigenvalue weighted by atomic mass is 15.0. The van der Waals surface area contributed by atoms with Gasteiger partial charge in [-0.1, -0.05) is 6.07 Å². The van der Waals surface area contributed by atoms with Gasteiger partial charge >= 0.3 is 0 Å². The molecule has 0 saturated carbocycles. The molecule has 4 aromatic rings. The van der Waals surface area contributed by atoms with Gasteiger partial charge in [0.1, 0.15) is 17.5 Å². The Labute approximate surface area is 132 Å². The van der Waals surface area contributed by atoms with Gasteiger partial charge in [-0.05, 0) is 42.8 Å². The quantitative estimate of drug-likeness (QED) is 0.345. The Balaban J connectivity index is 1.69. The average molecular weight is 304 g/mol. The molecule has 114 valence electrons. The molecule has 4 rings (SSSR count). The summed E-state index contributed by atoms with van der Waals surface area (Å²) in [6, 6.07) is 11.7. The molecule has 2 aromatic heterocycles. The second kappa shape index (κ2) is 4.95. The van der Waals surface area contributed by atoms with E-state index in [0.717, 1.165) is 33.7 Å². The number of nitrogens with zero attached hydrogens (tertiary/aromatic N) is 2. The predicted octanol–water partition coefficient (Wildman–Crippen LogP) is 2.62. The third kappa shape index (κ3) is 2.44. The lowest BCUT2D eigenvalue weighted by molar-refractivity contribution is 0.960. The first-order valence-corrected chi connectivity index (χ1v) is 7.37. The number of nitrogens with two attached hydrogens (primary N) is 1. The summed E-state index contributed by atoms with van der Waals surface area (Å²) in [5.41, 5.74) is 11.1. The molecule has 23 heavy (non-hydrogen) atoms. The van der Waals surface area contributed by atoms with E-state index >= 15 is 0 Å². The van der Waals surface area contributed by atoms with Crippen LogP contribution in [0.5, 0.6) is 0 Å². The number of rotatable bonds is 3. The third-order valence-corrected chi connectivity index (χ3v) is 3.86. The summed E-state index contributed by atoms with van der Waals surface area (Å²) >= 11 is 0. The van der Waals surface area contributed by atoms with Crippen molar-refractivity contribution in [3.05, 3.63) is 59.2 Å². The van der Waals surface area contributed by atoms with E-state index < -0.39 is 0 Å². The fourth-order valence-electron chi connectivity index (χ4n) is 2.73.